The van der Waals surface area contributed by atoms with Crippen molar-refractivity contribution >= 4 is 34.3 Å². The highest BCUT2D eigenvalue weighted by molar-refractivity contribution is 14.1. The third-order valence-corrected chi connectivity index (χ3v) is 5.04. The maximum Gasteiger partial charge on any atom is 0.305 e. The van der Waals surface area contributed by atoms with Crippen LogP contribution < -0.4 is 0 Å². The summed E-state index contributed by atoms with van der Waals surface area (Å²) < 4.78 is 5.14. The molecule has 0 unspecified atom stereocenters. The monoisotopic (exact) mass is 472 g/mol. The molecule has 144 valence electrons. The Balaban J connectivity index is 2.62. The third kappa shape index (κ3) is 7.58. The molecule has 0 heterocycles. The highest BCUT2D eigenvalue weighted by atomic mass is 127. The highest BCUT2D eigenvalue weighted by Crippen LogP contribution is 2.36. The number of methoxy groups -OCH3 is 1. The van der Waals surface area contributed by atoms with Gasteiger partial charge >= 0.3 is 5.97 Å². The number of hydrogen-bond acceptors (Lipinski definition) is 4. The molecule has 0 saturated carbocycles. The van der Waals surface area contributed by atoms with Crippen LogP contribution >= 0.6 is 22.6 Å². The second-order valence-electron chi connectivity index (χ2n) is 6.39. The zero-order chi connectivity index (χ0) is 19.4. The minimum absolute atomic E-state index is 0.119. The van der Waals surface area contributed by atoms with Crippen molar-refractivity contribution in [2.45, 2.75) is 63.9 Å². The normalized spacial score (nSPS) is 21.9. The molecular formula is C21H29IO4. The number of allylic oxidation sites excluding steroid dienone is 5. The summed E-state index contributed by atoms with van der Waals surface area (Å²) in [5, 5.41) is 10.9. The van der Waals surface area contributed by atoms with Crippen LogP contribution in [-0.4, -0.2) is 29.6 Å². The van der Waals surface area contributed by atoms with Crippen LogP contribution in [0.2, 0.25) is 0 Å². The van der Waals surface area contributed by atoms with Crippen molar-refractivity contribution in [1.82, 2.24) is 0 Å². The van der Waals surface area contributed by atoms with Crippen molar-refractivity contribution in [2.75, 3.05) is 7.11 Å². The molecule has 26 heavy (non-hydrogen) atoms. The van der Waals surface area contributed by atoms with Gasteiger partial charge in [0.1, 0.15) is 5.60 Å². The van der Waals surface area contributed by atoms with Gasteiger partial charge in [-0.2, -0.15) is 0 Å². The van der Waals surface area contributed by atoms with Crippen molar-refractivity contribution in [3.05, 3.63) is 45.6 Å². The fraction of sp³-hybridized carbons (Fsp3) is 0.524. The lowest BCUT2D eigenvalue weighted by Gasteiger charge is -2.20. The summed E-state index contributed by atoms with van der Waals surface area (Å²) in [5.74, 6) is -0.340. The van der Waals surface area contributed by atoms with Crippen LogP contribution in [0.4, 0.5) is 0 Å². The second-order valence-corrected chi connectivity index (χ2v) is 7.56. The number of halogens is 1. The molecular weight excluding hydrogens is 443 g/mol. The molecule has 0 spiro atoms. The molecule has 0 radical (unpaired) electrons. The van der Waals surface area contributed by atoms with Crippen LogP contribution in [0, 0.1) is 0 Å². The number of Topliss-reactive ketones (excluding diaryl/α,β-unsaturated/α-hetero) is 1. The lowest BCUT2D eigenvalue weighted by atomic mass is 9.92. The number of rotatable bonds is 11. The van der Waals surface area contributed by atoms with E-state index in [1.165, 1.54) is 20.0 Å². The Hall–Kier alpha value is -1.21. The minimum Gasteiger partial charge on any atom is -0.469 e. The Morgan fingerprint density at radius 2 is 1.96 bits per heavy atom. The Labute approximate surface area is 170 Å². The van der Waals surface area contributed by atoms with E-state index in [2.05, 4.69) is 17.7 Å². The molecule has 1 rings (SSSR count). The van der Waals surface area contributed by atoms with Crippen LogP contribution in [-0.2, 0) is 14.3 Å². The van der Waals surface area contributed by atoms with Crippen LogP contribution in [0.15, 0.2) is 45.6 Å². The van der Waals surface area contributed by atoms with Gasteiger partial charge in [-0.25, -0.2) is 0 Å². The van der Waals surface area contributed by atoms with E-state index in [1.54, 1.807) is 18.2 Å². The van der Waals surface area contributed by atoms with E-state index in [4.69, 9.17) is 0 Å². The van der Waals surface area contributed by atoms with Gasteiger partial charge < -0.3 is 9.84 Å². The molecule has 1 aliphatic carbocycles. The maximum atomic E-state index is 12.3. The first-order valence-corrected chi connectivity index (χ1v) is 10.3. The fourth-order valence-corrected chi connectivity index (χ4v) is 3.49. The molecule has 0 saturated heterocycles. The fourth-order valence-electron chi connectivity index (χ4n) is 2.69. The zero-order valence-corrected chi connectivity index (χ0v) is 17.8. The van der Waals surface area contributed by atoms with Crippen molar-refractivity contribution in [3.63, 3.8) is 0 Å². The molecule has 0 aromatic rings. The van der Waals surface area contributed by atoms with Gasteiger partial charge in [-0.3, -0.25) is 9.59 Å². The number of hydrogen-bond donors (Lipinski definition) is 1. The topological polar surface area (TPSA) is 63.6 Å². The number of carbonyl (C=O) groups excluding carboxylic acids is 2. The first-order chi connectivity index (χ1) is 12.4. The molecule has 4 nitrogen and oxygen atoms in total. The SMILES string of the molecule is CCCCC/C=C\C[C@@]1(O)C=C(I)C(=O)/C1=C\C=C/CCCC(=O)OC. The predicted octanol–water partition coefficient (Wildman–Crippen LogP) is 4.97. The second kappa shape index (κ2) is 12.2. The van der Waals surface area contributed by atoms with Crippen LogP contribution in [0.3, 0.4) is 0 Å². The summed E-state index contributed by atoms with van der Waals surface area (Å²) in [7, 11) is 1.38. The number of ether oxygens (including phenoxy) is 1. The van der Waals surface area contributed by atoms with E-state index in [-0.39, 0.29) is 11.8 Å². The number of aliphatic hydroxyl groups is 1. The molecule has 1 atom stereocenters. The standard InChI is InChI=1S/C21H29IO4/c1-3-4-5-6-9-12-15-21(25)16-18(22)20(24)17(21)13-10-7-8-11-14-19(23)26-2/h7,9-10,12-13,16,25H,3-6,8,11,14-15H2,1-2H3/b10-7-,12-9-,17-13+/t21-/m1/s1. The van der Waals surface area contributed by atoms with Gasteiger partial charge in [-0.05, 0) is 54.4 Å². The average molecular weight is 472 g/mol. The summed E-state index contributed by atoms with van der Waals surface area (Å²) in [6.45, 7) is 2.17. The van der Waals surface area contributed by atoms with Crippen molar-refractivity contribution in [3.8, 4) is 0 Å². The summed E-state index contributed by atoms with van der Waals surface area (Å²) in [6, 6.07) is 0. The lowest BCUT2D eigenvalue weighted by Crippen LogP contribution is -2.27. The molecule has 0 aromatic heterocycles. The predicted molar refractivity (Wildman–Crippen MR) is 113 cm³/mol. The van der Waals surface area contributed by atoms with Gasteiger partial charge in [-0.1, -0.05) is 50.1 Å². The molecule has 0 bridgehead atoms. The van der Waals surface area contributed by atoms with Crippen molar-refractivity contribution in [2.24, 2.45) is 0 Å². The quantitative estimate of drug-likeness (QED) is 0.152. The summed E-state index contributed by atoms with van der Waals surface area (Å²) in [5.41, 5.74) is -0.824. The van der Waals surface area contributed by atoms with Gasteiger partial charge in [0.15, 0.2) is 5.78 Å². The molecule has 0 aliphatic heterocycles. The van der Waals surface area contributed by atoms with Gasteiger partial charge in [0.2, 0.25) is 0 Å². The summed E-state index contributed by atoms with van der Waals surface area (Å²) >= 11 is 1.97. The molecule has 0 fully saturated rings. The Bertz CT molecular complexity index is 601. The maximum absolute atomic E-state index is 12.3. The first-order valence-electron chi connectivity index (χ1n) is 9.19. The molecule has 5 heteroatoms. The van der Waals surface area contributed by atoms with Crippen LogP contribution in [0.1, 0.15) is 58.3 Å². The number of ketones is 1. The first kappa shape index (κ1) is 22.8. The van der Waals surface area contributed by atoms with Gasteiger partial charge in [0.25, 0.3) is 0 Å². The average Bonchev–Trinajstić information content (AvgIpc) is 2.83. The van der Waals surface area contributed by atoms with E-state index in [1.807, 2.05) is 34.7 Å². The van der Waals surface area contributed by atoms with Gasteiger partial charge in [0, 0.05) is 18.4 Å². The van der Waals surface area contributed by atoms with Crippen molar-refractivity contribution < 1.29 is 19.4 Å². The Kier molecular flexibility index (Phi) is 10.7. The smallest absolute Gasteiger partial charge is 0.305 e. The molecule has 0 aromatic carbocycles. The van der Waals surface area contributed by atoms with E-state index < -0.39 is 5.60 Å². The Morgan fingerprint density at radius 3 is 2.65 bits per heavy atom. The zero-order valence-electron chi connectivity index (χ0n) is 15.7. The van der Waals surface area contributed by atoms with Crippen LogP contribution in [0.25, 0.3) is 0 Å². The van der Waals surface area contributed by atoms with E-state index in [0.29, 0.717) is 34.8 Å². The summed E-state index contributed by atoms with van der Waals surface area (Å²) in [4.78, 5) is 23.4. The summed E-state index contributed by atoms with van der Waals surface area (Å²) in [6.07, 6.45) is 17.8. The molecule has 1 aliphatic rings. The Morgan fingerprint density at radius 1 is 1.23 bits per heavy atom. The van der Waals surface area contributed by atoms with Crippen LogP contribution in [0.5, 0.6) is 0 Å². The highest BCUT2D eigenvalue weighted by Gasteiger charge is 2.39. The minimum atomic E-state index is -1.23. The number of esters is 1. The lowest BCUT2D eigenvalue weighted by molar-refractivity contribution is -0.140. The van der Waals surface area contributed by atoms with E-state index in [9.17, 15) is 14.7 Å². The third-order valence-electron chi connectivity index (χ3n) is 4.24. The van der Waals surface area contributed by atoms with Gasteiger partial charge in [-0.15, -0.1) is 0 Å². The van der Waals surface area contributed by atoms with E-state index >= 15 is 0 Å². The van der Waals surface area contributed by atoms with E-state index in [0.717, 1.165) is 12.8 Å². The largest absolute Gasteiger partial charge is 0.469 e. The van der Waals surface area contributed by atoms with Crippen molar-refractivity contribution in [1.29, 1.82) is 0 Å². The van der Waals surface area contributed by atoms with Gasteiger partial charge in [0.05, 0.1) is 10.7 Å². The number of carbonyl (C=O) groups is 2. The molecule has 0 amide bonds. The molecule has 1 N–H and O–H groups in total. The number of unbranched alkanes of at least 4 members (excludes halogenated alkanes) is 4.